The van der Waals surface area contributed by atoms with E-state index >= 15 is 0 Å². The molecule has 1 atom stereocenters. The van der Waals surface area contributed by atoms with E-state index in [-0.39, 0.29) is 31.1 Å². The van der Waals surface area contributed by atoms with Gasteiger partial charge < -0.3 is 19.5 Å². The Labute approximate surface area is 112 Å². The van der Waals surface area contributed by atoms with Crippen LogP contribution in [0.25, 0.3) is 0 Å². The first-order valence-corrected chi connectivity index (χ1v) is 6.90. The lowest BCUT2D eigenvalue weighted by molar-refractivity contribution is -0.143. The van der Waals surface area contributed by atoms with Crippen molar-refractivity contribution < 1.29 is 24.2 Å². The molecule has 6 heteroatoms. The van der Waals surface area contributed by atoms with Gasteiger partial charge in [0.05, 0.1) is 19.1 Å². The third-order valence-electron chi connectivity index (χ3n) is 3.63. The van der Waals surface area contributed by atoms with E-state index in [4.69, 9.17) is 14.6 Å². The van der Waals surface area contributed by atoms with Gasteiger partial charge in [-0.05, 0) is 25.7 Å². The Bertz CT molecular complexity index is 319. The first kappa shape index (κ1) is 14.3. The van der Waals surface area contributed by atoms with Crippen LogP contribution >= 0.6 is 0 Å². The summed E-state index contributed by atoms with van der Waals surface area (Å²) in [4.78, 5) is 24.3. The molecular weight excluding hydrogens is 250 g/mol. The Kier molecular flexibility index (Phi) is 5.15. The topological polar surface area (TPSA) is 76.1 Å². The van der Waals surface area contributed by atoms with E-state index in [1.165, 1.54) is 0 Å². The number of piperidine rings is 1. The van der Waals surface area contributed by atoms with Crippen LogP contribution in [0.2, 0.25) is 0 Å². The molecule has 2 aliphatic heterocycles. The highest BCUT2D eigenvalue weighted by Crippen LogP contribution is 2.19. The van der Waals surface area contributed by atoms with Gasteiger partial charge in [-0.25, -0.2) is 0 Å². The van der Waals surface area contributed by atoms with Crippen molar-refractivity contribution in [1.29, 1.82) is 0 Å². The van der Waals surface area contributed by atoms with Crippen molar-refractivity contribution in [2.75, 3.05) is 26.3 Å². The van der Waals surface area contributed by atoms with Crippen LogP contribution in [0.3, 0.4) is 0 Å². The van der Waals surface area contributed by atoms with E-state index in [0.717, 1.165) is 25.7 Å². The summed E-state index contributed by atoms with van der Waals surface area (Å²) >= 11 is 0. The lowest BCUT2D eigenvalue weighted by Crippen LogP contribution is -2.45. The molecule has 19 heavy (non-hydrogen) atoms. The predicted octanol–water partition coefficient (Wildman–Crippen LogP) is 0.648. The molecule has 0 unspecified atom stereocenters. The SMILES string of the molecule is O=C(O)CCOC1CCN(C(=O)[C@H]2CCCO2)CC1. The van der Waals surface area contributed by atoms with E-state index in [1.54, 1.807) is 0 Å². The Hall–Kier alpha value is -1.14. The predicted molar refractivity (Wildman–Crippen MR) is 66.8 cm³/mol. The van der Waals surface area contributed by atoms with Crippen molar-refractivity contribution in [2.24, 2.45) is 0 Å². The fraction of sp³-hybridized carbons (Fsp3) is 0.846. The maximum absolute atomic E-state index is 12.1. The third kappa shape index (κ3) is 4.18. The van der Waals surface area contributed by atoms with Crippen molar-refractivity contribution in [3.63, 3.8) is 0 Å². The molecule has 1 amide bonds. The lowest BCUT2D eigenvalue weighted by Gasteiger charge is -2.33. The fourth-order valence-electron chi connectivity index (χ4n) is 2.53. The number of rotatable bonds is 5. The molecule has 2 saturated heterocycles. The molecular formula is C13H21NO5. The number of carbonyl (C=O) groups is 2. The molecule has 2 fully saturated rings. The molecule has 0 saturated carbocycles. The summed E-state index contributed by atoms with van der Waals surface area (Å²) < 4.78 is 10.9. The van der Waals surface area contributed by atoms with Crippen molar-refractivity contribution in [3.05, 3.63) is 0 Å². The van der Waals surface area contributed by atoms with Crippen LogP contribution < -0.4 is 0 Å². The van der Waals surface area contributed by atoms with Gasteiger partial charge in [0.2, 0.25) is 0 Å². The molecule has 0 bridgehead atoms. The second kappa shape index (κ2) is 6.86. The van der Waals surface area contributed by atoms with Crippen molar-refractivity contribution in [2.45, 2.75) is 44.3 Å². The van der Waals surface area contributed by atoms with Crippen LogP contribution in [0.4, 0.5) is 0 Å². The number of hydrogen-bond donors (Lipinski definition) is 1. The standard InChI is InChI=1S/C13H21NO5/c15-12(16)5-9-18-10-3-6-14(7-4-10)13(17)11-2-1-8-19-11/h10-11H,1-9H2,(H,15,16)/t11-/m1/s1. The molecule has 6 nitrogen and oxygen atoms in total. The van der Waals surface area contributed by atoms with Gasteiger partial charge >= 0.3 is 5.97 Å². The normalized spacial score (nSPS) is 24.6. The number of carbonyl (C=O) groups excluding carboxylic acids is 1. The largest absolute Gasteiger partial charge is 0.481 e. The average Bonchev–Trinajstić information content (AvgIpc) is 2.92. The molecule has 0 aromatic heterocycles. The van der Waals surface area contributed by atoms with Gasteiger partial charge in [0.1, 0.15) is 6.10 Å². The molecule has 0 radical (unpaired) electrons. The molecule has 0 spiro atoms. The van der Waals surface area contributed by atoms with Crippen LogP contribution in [0, 0.1) is 0 Å². The summed E-state index contributed by atoms with van der Waals surface area (Å²) in [5.41, 5.74) is 0. The number of nitrogens with zero attached hydrogens (tertiary/aromatic N) is 1. The van der Waals surface area contributed by atoms with Crippen molar-refractivity contribution in [3.8, 4) is 0 Å². The van der Waals surface area contributed by atoms with E-state index in [0.29, 0.717) is 19.7 Å². The number of carboxylic acid groups (broad SMARTS) is 1. The third-order valence-corrected chi connectivity index (χ3v) is 3.63. The summed E-state index contributed by atoms with van der Waals surface area (Å²) in [7, 11) is 0. The molecule has 1 N–H and O–H groups in total. The second-order valence-electron chi connectivity index (χ2n) is 5.04. The minimum Gasteiger partial charge on any atom is -0.481 e. The molecule has 108 valence electrons. The van der Waals surface area contributed by atoms with Gasteiger partial charge in [0, 0.05) is 19.7 Å². The van der Waals surface area contributed by atoms with E-state index in [2.05, 4.69) is 0 Å². The first-order chi connectivity index (χ1) is 9.16. The van der Waals surface area contributed by atoms with Crippen LogP contribution in [0.5, 0.6) is 0 Å². The molecule has 2 heterocycles. The van der Waals surface area contributed by atoms with Gasteiger partial charge in [-0.15, -0.1) is 0 Å². The van der Waals surface area contributed by atoms with Crippen molar-refractivity contribution in [1.82, 2.24) is 4.90 Å². The Morgan fingerprint density at radius 1 is 1.26 bits per heavy atom. The number of ether oxygens (including phenoxy) is 2. The smallest absolute Gasteiger partial charge is 0.305 e. The summed E-state index contributed by atoms with van der Waals surface area (Å²) in [5.74, 6) is -0.743. The Morgan fingerprint density at radius 3 is 2.58 bits per heavy atom. The van der Waals surface area contributed by atoms with Crippen LogP contribution in [0.15, 0.2) is 0 Å². The fourth-order valence-corrected chi connectivity index (χ4v) is 2.53. The van der Waals surface area contributed by atoms with Crippen LogP contribution in [-0.4, -0.2) is 60.4 Å². The minimum atomic E-state index is -0.842. The zero-order valence-corrected chi connectivity index (χ0v) is 11.0. The molecule has 2 rings (SSSR count). The average molecular weight is 271 g/mol. The summed E-state index contributed by atoms with van der Waals surface area (Å²) in [6.07, 6.45) is 3.21. The zero-order chi connectivity index (χ0) is 13.7. The summed E-state index contributed by atoms with van der Waals surface area (Å²) in [6.45, 7) is 2.29. The van der Waals surface area contributed by atoms with Crippen molar-refractivity contribution >= 4 is 11.9 Å². The molecule has 0 aromatic rings. The quantitative estimate of drug-likeness (QED) is 0.794. The van der Waals surface area contributed by atoms with Crippen LogP contribution in [-0.2, 0) is 19.1 Å². The number of amides is 1. The van der Waals surface area contributed by atoms with Gasteiger partial charge in [0.15, 0.2) is 0 Å². The first-order valence-electron chi connectivity index (χ1n) is 6.90. The highest BCUT2D eigenvalue weighted by atomic mass is 16.5. The number of hydrogen-bond acceptors (Lipinski definition) is 4. The lowest BCUT2D eigenvalue weighted by atomic mass is 10.1. The van der Waals surface area contributed by atoms with Gasteiger partial charge in [-0.1, -0.05) is 0 Å². The molecule has 0 aromatic carbocycles. The van der Waals surface area contributed by atoms with Crippen LogP contribution in [0.1, 0.15) is 32.1 Å². The molecule has 2 aliphatic rings. The van der Waals surface area contributed by atoms with E-state index < -0.39 is 5.97 Å². The number of likely N-dealkylation sites (tertiary alicyclic amines) is 1. The van der Waals surface area contributed by atoms with Gasteiger partial charge in [-0.2, -0.15) is 0 Å². The summed E-state index contributed by atoms with van der Waals surface area (Å²) in [5, 5.41) is 8.53. The minimum absolute atomic E-state index is 0.0368. The molecule has 0 aliphatic carbocycles. The van der Waals surface area contributed by atoms with E-state index in [9.17, 15) is 9.59 Å². The number of aliphatic carboxylic acids is 1. The van der Waals surface area contributed by atoms with Gasteiger partial charge in [0.25, 0.3) is 5.91 Å². The highest BCUT2D eigenvalue weighted by Gasteiger charge is 2.30. The maximum Gasteiger partial charge on any atom is 0.305 e. The Morgan fingerprint density at radius 2 is 2.00 bits per heavy atom. The second-order valence-corrected chi connectivity index (χ2v) is 5.04. The van der Waals surface area contributed by atoms with Gasteiger partial charge in [-0.3, -0.25) is 9.59 Å². The maximum atomic E-state index is 12.1. The summed E-state index contributed by atoms with van der Waals surface area (Å²) in [6, 6.07) is 0. The zero-order valence-electron chi connectivity index (χ0n) is 11.0. The number of carboxylic acids is 1. The van der Waals surface area contributed by atoms with E-state index in [1.807, 2.05) is 4.90 Å². The monoisotopic (exact) mass is 271 g/mol. The Balaban J connectivity index is 1.67. The highest BCUT2D eigenvalue weighted by molar-refractivity contribution is 5.81.